The number of aromatic nitrogens is 1. The SMILES string of the molecule is CCN1CC=C(c2cn(C)c3ccc([N+](=O)[O-])cc23)CC1. The maximum atomic E-state index is 11.0. The molecule has 1 aromatic carbocycles. The van der Waals surface area contributed by atoms with E-state index in [0.717, 1.165) is 42.5 Å². The van der Waals surface area contributed by atoms with E-state index in [2.05, 4.69) is 24.1 Å². The van der Waals surface area contributed by atoms with E-state index in [1.165, 1.54) is 5.57 Å². The summed E-state index contributed by atoms with van der Waals surface area (Å²) in [5, 5.41) is 12.0. The summed E-state index contributed by atoms with van der Waals surface area (Å²) in [6, 6.07) is 5.09. The molecule has 110 valence electrons. The minimum absolute atomic E-state index is 0.154. The molecule has 3 rings (SSSR count). The van der Waals surface area contributed by atoms with Crippen LogP contribution in [-0.2, 0) is 7.05 Å². The van der Waals surface area contributed by atoms with Crippen LogP contribution < -0.4 is 0 Å². The Morgan fingerprint density at radius 2 is 2.19 bits per heavy atom. The van der Waals surface area contributed by atoms with Gasteiger partial charge in [-0.1, -0.05) is 13.0 Å². The predicted octanol–water partition coefficient (Wildman–Crippen LogP) is 3.20. The Labute approximate surface area is 123 Å². The summed E-state index contributed by atoms with van der Waals surface area (Å²) in [6.45, 7) is 5.23. The molecule has 1 aromatic heterocycles. The number of hydrogen-bond donors (Lipinski definition) is 0. The summed E-state index contributed by atoms with van der Waals surface area (Å²) in [7, 11) is 1.99. The summed E-state index contributed by atoms with van der Waals surface area (Å²) in [6.07, 6.45) is 5.33. The molecular weight excluding hydrogens is 266 g/mol. The molecule has 0 bridgehead atoms. The van der Waals surface area contributed by atoms with Gasteiger partial charge in [-0.2, -0.15) is 0 Å². The first-order valence-corrected chi connectivity index (χ1v) is 7.25. The maximum Gasteiger partial charge on any atom is 0.270 e. The molecule has 0 saturated heterocycles. The Bertz CT molecular complexity index is 730. The summed E-state index contributed by atoms with van der Waals surface area (Å²) in [5.41, 5.74) is 3.62. The van der Waals surface area contributed by atoms with Crippen molar-refractivity contribution in [3.05, 3.63) is 46.1 Å². The van der Waals surface area contributed by atoms with Gasteiger partial charge in [-0.3, -0.25) is 15.0 Å². The molecule has 0 fully saturated rings. The minimum Gasteiger partial charge on any atom is -0.350 e. The average molecular weight is 285 g/mol. The lowest BCUT2D eigenvalue weighted by atomic mass is 9.99. The second kappa shape index (κ2) is 5.33. The number of aryl methyl sites for hydroxylation is 1. The molecule has 0 atom stereocenters. The molecule has 0 aliphatic carbocycles. The van der Waals surface area contributed by atoms with Crippen molar-refractivity contribution < 1.29 is 4.92 Å². The molecule has 1 aliphatic rings. The number of nitrogens with zero attached hydrogens (tertiary/aromatic N) is 3. The van der Waals surface area contributed by atoms with Gasteiger partial charge >= 0.3 is 0 Å². The van der Waals surface area contributed by atoms with Crippen molar-refractivity contribution in [2.45, 2.75) is 13.3 Å². The van der Waals surface area contributed by atoms with E-state index in [1.54, 1.807) is 12.1 Å². The second-order valence-electron chi connectivity index (χ2n) is 5.48. The lowest BCUT2D eigenvalue weighted by Gasteiger charge is -2.24. The zero-order valence-corrected chi connectivity index (χ0v) is 12.4. The molecule has 0 unspecified atom stereocenters. The van der Waals surface area contributed by atoms with Gasteiger partial charge in [0.25, 0.3) is 5.69 Å². The fourth-order valence-corrected chi connectivity index (χ4v) is 2.99. The monoisotopic (exact) mass is 285 g/mol. The minimum atomic E-state index is -0.329. The Hall–Kier alpha value is -2.14. The van der Waals surface area contributed by atoms with Crippen LogP contribution in [0.4, 0.5) is 5.69 Å². The van der Waals surface area contributed by atoms with E-state index >= 15 is 0 Å². The molecule has 1 aliphatic heterocycles. The van der Waals surface area contributed by atoms with Gasteiger partial charge < -0.3 is 4.57 Å². The summed E-state index contributed by atoms with van der Waals surface area (Å²) >= 11 is 0. The first kappa shape index (κ1) is 13.8. The number of nitro benzene ring substituents is 1. The van der Waals surface area contributed by atoms with Crippen LogP contribution in [0.15, 0.2) is 30.5 Å². The molecule has 2 aromatic rings. The lowest BCUT2D eigenvalue weighted by molar-refractivity contribution is -0.384. The standard InChI is InChI=1S/C16H19N3O2/c1-3-18-8-6-12(7-9-18)15-11-17(2)16-5-4-13(19(20)21)10-14(15)16/h4-6,10-11H,3,7-9H2,1-2H3. The van der Waals surface area contributed by atoms with Gasteiger partial charge in [0, 0.05) is 54.9 Å². The zero-order valence-electron chi connectivity index (χ0n) is 12.4. The van der Waals surface area contributed by atoms with Crippen molar-refractivity contribution >= 4 is 22.2 Å². The molecule has 0 radical (unpaired) electrons. The van der Waals surface area contributed by atoms with Crippen molar-refractivity contribution in [1.29, 1.82) is 0 Å². The fraction of sp³-hybridized carbons (Fsp3) is 0.375. The van der Waals surface area contributed by atoms with Crippen LogP contribution >= 0.6 is 0 Å². The van der Waals surface area contributed by atoms with Crippen LogP contribution in [-0.4, -0.2) is 34.0 Å². The maximum absolute atomic E-state index is 11.0. The van der Waals surface area contributed by atoms with Gasteiger partial charge in [0.05, 0.1) is 4.92 Å². The van der Waals surface area contributed by atoms with E-state index < -0.39 is 0 Å². The van der Waals surface area contributed by atoms with Gasteiger partial charge in [0.2, 0.25) is 0 Å². The highest BCUT2D eigenvalue weighted by Crippen LogP contribution is 2.32. The zero-order chi connectivity index (χ0) is 15.0. The van der Waals surface area contributed by atoms with Crippen molar-refractivity contribution in [1.82, 2.24) is 9.47 Å². The fourth-order valence-electron chi connectivity index (χ4n) is 2.99. The Balaban J connectivity index is 2.08. The van der Waals surface area contributed by atoms with Gasteiger partial charge in [-0.05, 0) is 24.6 Å². The highest BCUT2D eigenvalue weighted by Gasteiger charge is 2.17. The normalized spacial score (nSPS) is 16.2. The number of hydrogen-bond acceptors (Lipinski definition) is 3. The second-order valence-corrected chi connectivity index (χ2v) is 5.48. The third kappa shape index (κ3) is 2.45. The molecule has 0 N–H and O–H groups in total. The molecule has 0 saturated carbocycles. The van der Waals surface area contributed by atoms with Crippen molar-refractivity contribution in [2.24, 2.45) is 7.05 Å². The van der Waals surface area contributed by atoms with E-state index in [9.17, 15) is 10.1 Å². The highest BCUT2D eigenvalue weighted by atomic mass is 16.6. The van der Waals surface area contributed by atoms with Gasteiger partial charge in [0.1, 0.15) is 0 Å². The highest BCUT2D eigenvalue weighted by molar-refractivity contribution is 5.94. The van der Waals surface area contributed by atoms with Crippen LogP contribution in [0.3, 0.4) is 0 Å². The quantitative estimate of drug-likeness (QED) is 0.643. The molecule has 0 spiro atoms. The molecular formula is C16H19N3O2. The van der Waals surface area contributed by atoms with Crippen LogP contribution in [0.1, 0.15) is 18.9 Å². The van der Waals surface area contributed by atoms with Crippen LogP contribution in [0.2, 0.25) is 0 Å². The number of likely N-dealkylation sites (N-methyl/N-ethyl adjacent to an activating group) is 1. The van der Waals surface area contributed by atoms with Crippen molar-refractivity contribution in [2.75, 3.05) is 19.6 Å². The Morgan fingerprint density at radius 3 is 2.81 bits per heavy atom. The van der Waals surface area contributed by atoms with Crippen molar-refractivity contribution in [3.63, 3.8) is 0 Å². The van der Waals surface area contributed by atoms with Gasteiger partial charge in [-0.25, -0.2) is 0 Å². The number of nitro groups is 1. The third-order valence-corrected chi connectivity index (χ3v) is 4.27. The molecule has 2 heterocycles. The third-order valence-electron chi connectivity index (χ3n) is 4.27. The van der Waals surface area contributed by atoms with Gasteiger partial charge in [0.15, 0.2) is 0 Å². The molecule has 5 nitrogen and oxygen atoms in total. The summed E-state index contributed by atoms with van der Waals surface area (Å²) < 4.78 is 2.04. The Morgan fingerprint density at radius 1 is 1.38 bits per heavy atom. The van der Waals surface area contributed by atoms with E-state index in [0.29, 0.717) is 0 Å². The van der Waals surface area contributed by atoms with Crippen LogP contribution in [0.5, 0.6) is 0 Å². The topological polar surface area (TPSA) is 51.3 Å². The first-order valence-electron chi connectivity index (χ1n) is 7.25. The number of fused-ring (bicyclic) bond motifs is 1. The molecule has 0 amide bonds. The number of non-ortho nitro benzene ring substituents is 1. The average Bonchev–Trinajstić information content (AvgIpc) is 2.84. The molecule has 5 heteroatoms. The predicted molar refractivity (Wildman–Crippen MR) is 84.3 cm³/mol. The van der Waals surface area contributed by atoms with E-state index in [1.807, 2.05) is 17.7 Å². The smallest absolute Gasteiger partial charge is 0.270 e. The molecule has 21 heavy (non-hydrogen) atoms. The van der Waals surface area contributed by atoms with Crippen LogP contribution in [0, 0.1) is 10.1 Å². The number of rotatable bonds is 3. The van der Waals surface area contributed by atoms with E-state index in [-0.39, 0.29) is 10.6 Å². The van der Waals surface area contributed by atoms with E-state index in [4.69, 9.17) is 0 Å². The lowest BCUT2D eigenvalue weighted by Crippen LogP contribution is -2.27. The van der Waals surface area contributed by atoms with Gasteiger partial charge in [-0.15, -0.1) is 0 Å². The largest absolute Gasteiger partial charge is 0.350 e. The van der Waals surface area contributed by atoms with Crippen LogP contribution in [0.25, 0.3) is 16.5 Å². The number of benzene rings is 1. The Kier molecular flexibility index (Phi) is 3.51. The van der Waals surface area contributed by atoms with Crippen molar-refractivity contribution in [3.8, 4) is 0 Å². The summed E-state index contributed by atoms with van der Waals surface area (Å²) in [5.74, 6) is 0. The first-order chi connectivity index (χ1) is 10.1. The summed E-state index contributed by atoms with van der Waals surface area (Å²) in [4.78, 5) is 13.1.